The molecule has 3 atom stereocenters. The largest absolute Gasteiger partial charge is 0.396 e. The average molecular weight is 361 g/mol. The summed E-state index contributed by atoms with van der Waals surface area (Å²) in [6.45, 7) is 2.53. The summed E-state index contributed by atoms with van der Waals surface area (Å²) in [5.74, 6) is 0. The predicted octanol–water partition coefficient (Wildman–Crippen LogP) is 5.11. The summed E-state index contributed by atoms with van der Waals surface area (Å²) in [6.07, 6.45) is 15.9. The van der Waals surface area contributed by atoms with Crippen LogP contribution in [0.25, 0.3) is 0 Å². The molecular formula is C21H44O4. The van der Waals surface area contributed by atoms with Crippen molar-refractivity contribution in [3.05, 3.63) is 0 Å². The lowest BCUT2D eigenvalue weighted by atomic mass is 9.99. The van der Waals surface area contributed by atoms with Gasteiger partial charge in [0.05, 0.1) is 18.3 Å². The van der Waals surface area contributed by atoms with Crippen molar-refractivity contribution >= 4 is 0 Å². The second-order valence-corrected chi connectivity index (χ2v) is 7.15. The molecule has 25 heavy (non-hydrogen) atoms. The van der Waals surface area contributed by atoms with E-state index in [1.807, 2.05) is 21.3 Å². The fraction of sp³-hybridized carbons (Fsp3) is 1.00. The molecule has 0 aliphatic carbocycles. The summed E-state index contributed by atoms with van der Waals surface area (Å²) < 4.78 is 16.9. The SMILES string of the molecule is CCCC(CCC(CCC(CCCCCCCCO)OC)OC)OC. The molecule has 152 valence electrons. The highest BCUT2D eigenvalue weighted by Gasteiger charge is 2.15. The van der Waals surface area contributed by atoms with Crippen molar-refractivity contribution in [3.63, 3.8) is 0 Å². The van der Waals surface area contributed by atoms with E-state index in [-0.39, 0.29) is 0 Å². The highest BCUT2D eigenvalue weighted by molar-refractivity contribution is 4.67. The lowest BCUT2D eigenvalue weighted by Crippen LogP contribution is -2.20. The molecule has 0 fully saturated rings. The van der Waals surface area contributed by atoms with Gasteiger partial charge in [0, 0.05) is 27.9 Å². The van der Waals surface area contributed by atoms with Gasteiger partial charge in [0.15, 0.2) is 0 Å². The van der Waals surface area contributed by atoms with Crippen molar-refractivity contribution in [2.45, 2.75) is 109 Å². The number of aliphatic hydroxyl groups is 1. The Kier molecular flexibility index (Phi) is 18.5. The fourth-order valence-corrected chi connectivity index (χ4v) is 3.40. The first-order valence-corrected chi connectivity index (χ1v) is 10.4. The maximum Gasteiger partial charge on any atom is 0.0573 e. The van der Waals surface area contributed by atoms with E-state index in [2.05, 4.69) is 6.92 Å². The molecule has 0 aromatic carbocycles. The maximum absolute atomic E-state index is 8.77. The highest BCUT2D eigenvalue weighted by atomic mass is 16.5. The van der Waals surface area contributed by atoms with E-state index in [1.165, 1.54) is 32.1 Å². The lowest BCUT2D eigenvalue weighted by molar-refractivity contribution is 0.0290. The van der Waals surface area contributed by atoms with Gasteiger partial charge in [-0.3, -0.25) is 0 Å². The zero-order chi connectivity index (χ0) is 18.8. The molecule has 4 nitrogen and oxygen atoms in total. The molecular weight excluding hydrogens is 316 g/mol. The molecule has 0 rings (SSSR count). The van der Waals surface area contributed by atoms with Gasteiger partial charge in [0.2, 0.25) is 0 Å². The minimum atomic E-state index is 0.311. The lowest BCUT2D eigenvalue weighted by Gasteiger charge is -2.22. The quantitative estimate of drug-likeness (QED) is 0.325. The number of unbranched alkanes of at least 4 members (excludes halogenated alkanes) is 5. The molecule has 3 unspecified atom stereocenters. The van der Waals surface area contributed by atoms with Crippen molar-refractivity contribution in [2.75, 3.05) is 27.9 Å². The van der Waals surface area contributed by atoms with E-state index in [4.69, 9.17) is 19.3 Å². The smallest absolute Gasteiger partial charge is 0.0573 e. The van der Waals surface area contributed by atoms with E-state index in [9.17, 15) is 0 Å². The van der Waals surface area contributed by atoms with Gasteiger partial charge in [-0.05, 0) is 44.9 Å². The third-order valence-corrected chi connectivity index (χ3v) is 5.17. The van der Waals surface area contributed by atoms with Crippen LogP contribution in [0.2, 0.25) is 0 Å². The predicted molar refractivity (Wildman–Crippen MR) is 105 cm³/mol. The van der Waals surface area contributed by atoms with Gasteiger partial charge in [-0.2, -0.15) is 0 Å². The molecule has 0 aliphatic rings. The van der Waals surface area contributed by atoms with Gasteiger partial charge in [-0.1, -0.05) is 45.4 Å². The minimum Gasteiger partial charge on any atom is -0.396 e. The minimum absolute atomic E-state index is 0.311. The van der Waals surface area contributed by atoms with Crippen molar-refractivity contribution in [1.82, 2.24) is 0 Å². The van der Waals surface area contributed by atoms with Crippen LogP contribution in [0.1, 0.15) is 90.4 Å². The molecule has 0 heterocycles. The van der Waals surface area contributed by atoms with E-state index >= 15 is 0 Å². The van der Waals surface area contributed by atoms with Gasteiger partial charge in [0.25, 0.3) is 0 Å². The Labute approximate surface area is 156 Å². The van der Waals surface area contributed by atoms with Crippen molar-refractivity contribution in [2.24, 2.45) is 0 Å². The first-order chi connectivity index (χ1) is 12.2. The summed E-state index contributed by atoms with van der Waals surface area (Å²) in [6, 6.07) is 0. The molecule has 4 heteroatoms. The summed E-state index contributed by atoms with van der Waals surface area (Å²) in [7, 11) is 5.46. The van der Waals surface area contributed by atoms with Gasteiger partial charge in [-0.25, -0.2) is 0 Å². The second-order valence-electron chi connectivity index (χ2n) is 7.15. The van der Waals surface area contributed by atoms with Crippen LogP contribution >= 0.6 is 0 Å². The van der Waals surface area contributed by atoms with Crippen molar-refractivity contribution in [3.8, 4) is 0 Å². The molecule has 0 aromatic rings. The van der Waals surface area contributed by atoms with E-state index in [1.54, 1.807) is 0 Å². The standard InChI is InChI=1S/C21H44O4/c1-5-12-19(23-2)14-16-21(25-4)17-15-20(24-3)13-10-8-6-7-9-11-18-22/h19-22H,5-18H2,1-4H3. The van der Waals surface area contributed by atoms with E-state index < -0.39 is 0 Å². The number of methoxy groups -OCH3 is 3. The van der Waals surface area contributed by atoms with Crippen molar-refractivity contribution in [1.29, 1.82) is 0 Å². The Morgan fingerprint density at radius 3 is 1.40 bits per heavy atom. The van der Waals surface area contributed by atoms with E-state index in [0.717, 1.165) is 51.4 Å². The molecule has 0 bridgehead atoms. The molecule has 0 radical (unpaired) electrons. The topological polar surface area (TPSA) is 47.9 Å². The van der Waals surface area contributed by atoms with Crippen molar-refractivity contribution < 1.29 is 19.3 Å². The number of hydrogen-bond acceptors (Lipinski definition) is 4. The van der Waals surface area contributed by atoms with E-state index in [0.29, 0.717) is 24.9 Å². The Morgan fingerprint density at radius 2 is 0.960 bits per heavy atom. The van der Waals surface area contributed by atoms with Crippen LogP contribution in [0.5, 0.6) is 0 Å². The fourth-order valence-electron chi connectivity index (χ4n) is 3.40. The summed E-state index contributed by atoms with van der Waals surface area (Å²) in [4.78, 5) is 0. The Hall–Kier alpha value is -0.160. The maximum atomic E-state index is 8.77. The summed E-state index contributed by atoms with van der Waals surface area (Å²) >= 11 is 0. The second kappa shape index (κ2) is 18.6. The Balaban J connectivity index is 3.85. The van der Waals surface area contributed by atoms with Crippen LogP contribution in [0.3, 0.4) is 0 Å². The first kappa shape index (κ1) is 24.8. The van der Waals surface area contributed by atoms with Crippen LogP contribution in [0, 0.1) is 0 Å². The molecule has 0 amide bonds. The number of rotatable bonds is 19. The highest BCUT2D eigenvalue weighted by Crippen LogP contribution is 2.19. The average Bonchev–Trinajstić information content (AvgIpc) is 2.64. The molecule has 0 aromatic heterocycles. The van der Waals surface area contributed by atoms with Crippen LogP contribution in [-0.4, -0.2) is 51.4 Å². The van der Waals surface area contributed by atoms with Gasteiger partial charge in [0.1, 0.15) is 0 Å². The van der Waals surface area contributed by atoms with Gasteiger partial charge in [-0.15, -0.1) is 0 Å². The third kappa shape index (κ3) is 14.7. The summed E-state index contributed by atoms with van der Waals surface area (Å²) in [5.41, 5.74) is 0. The number of aliphatic hydroxyl groups excluding tert-OH is 1. The molecule has 1 N–H and O–H groups in total. The summed E-state index contributed by atoms with van der Waals surface area (Å²) in [5, 5.41) is 8.77. The molecule has 0 saturated heterocycles. The number of hydrogen-bond donors (Lipinski definition) is 1. The van der Waals surface area contributed by atoms with Crippen LogP contribution < -0.4 is 0 Å². The van der Waals surface area contributed by atoms with Crippen LogP contribution in [0.15, 0.2) is 0 Å². The molecule has 0 aliphatic heterocycles. The van der Waals surface area contributed by atoms with Gasteiger partial charge >= 0.3 is 0 Å². The Bertz CT molecular complexity index is 260. The number of ether oxygens (including phenoxy) is 3. The molecule has 0 spiro atoms. The first-order valence-electron chi connectivity index (χ1n) is 10.4. The normalized spacial score (nSPS) is 15.2. The third-order valence-electron chi connectivity index (χ3n) is 5.17. The molecule has 0 saturated carbocycles. The van der Waals surface area contributed by atoms with Crippen LogP contribution in [0.4, 0.5) is 0 Å². The zero-order valence-corrected chi connectivity index (χ0v) is 17.3. The monoisotopic (exact) mass is 360 g/mol. The zero-order valence-electron chi connectivity index (χ0n) is 17.3. The Morgan fingerprint density at radius 1 is 0.560 bits per heavy atom. The van der Waals surface area contributed by atoms with Crippen LogP contribution in [-0.2, 0) is 14.2 Å². The van der Waals surface area contributed by atoms with Gasteiger partial charge < -0.3 is 19.3 Å².